The van der Waals surface area contributed by atoms with Crippen LogP contribution in [0.1, 0.15) is 47.2 Å². The molecule has 0 radical (unpaired) electrons. The van der Waals surface area contributed by atoms with E-state index in [-0.39, 0.29) is 0 Å². The van der Waals surface area contributed by atoms with Gasteiger partial charge in [0.1, 0.15) is 5.01 Å². The molecule has 74 valence electrons. The Hall–Kier alpha value is -0.880. The molecular formula is C11H14N2S. The van der Waals surface area contributed by atoms with E-state index in [1.807, 2.05) is 0 Å². The molecule has 14 heavy (non-hydrogen) atoms. The van der Waals surface area contributed by atoms with Crippen molar-refractivity contribution in [3.8, 4) is 6.07 Å². The van der Waals surface area contributed by atoms with E-state index in [9.17, 15) is 0 Å². The minimum Gasteiger partial charge on any atom is -0.245 e. The van der Waals surface area contributed by atoms with Crippen LogP contribution in [0, 0.1) is 18.3 Å². The van der Waals surface area contributed by atoms with Crippen LogP contribution in [0.15, 0.2) is 0 Å². The zero-order chi connectivity index (χ0) is 9.97. The van der Waals surface area contributed by atoms with Gasteiger partial charge in [-0.15, -0.1) is 11.3 Å². The lowest BCUT2D eigenvalue weighted by Crippen LogP contribution is -1.90. The molecule has 2 nitrogen and oxygen atoms in total. The third-order valence-corrected chi connectivity index (χ3v) is 4.15. The quantitative estimate of drug-likeness (QED) is 0.745. The molecule has 0 aliphatic heterocycles. The number of hydrogen-bond donors (Lipinski definition) is 0. The zero-order valence-electron chi connectivity index (χ0n) is 8.42. The van der Waals surface area contributed by atoms with Gasteiger partial charge >= 0.3 is 0 Å². The third kappa shape index (κ3) is 1.80. The molecule has 1 aromatic heterocycles. The second-order valence-corrected chi connectivity index (χ2v) is 4.99. The first kappa shape index (κ1) is 9.67. The number of hydrogen-bond acceptors (Lipinski definition) is 3. The first-order valence-electron chi connectivity index (χ1n) is 5.14. The maximum absolute atomic E-state index is 8.60. The molecule has 2 rings (SSSR count). The van der Waals surface area contributed by atoms with E-state index in [1.165, 1.54) is 30.6 Å². The first-order chi connectivity index (χ1) is 6.81. The molecule has 1 saturated carbocycles. The average molecular weight is 206 g/mol. The van der Waals surface area contributed by atoms with E-state index in [1.54, 1.807) is 11.3 Å². The van der Waals surface area contributed by atoms with Crippen molar-refractivity contribution in [2.24, 2.45) is 0 Å². The van der Waals surface area contributed by atoms with Crippen LogP contribution in [0.2, 0.25) is 0 Å². The summed E-state index contributed by atoms with van der Waals surface area (Å²) in [4.78, 5) is 5.88. The number of aryl methyl sites for hydroxylation is 1. The summed E-state index contributed by atoms with van der Waals surface area (Å²) in [6.07, 6.45) is 5.81. The first-order valence-corrected chi connectivity index (χ1v) is 5.96. The van der Waals surface area contributed by atoms with Crippen LogP contribution >= 0.6 is 11.3 Å². The second kappa shape index (κ2) is 4.10. The fourth-order valence-corrected chi connectivity index (χ4v) is 3.34. The molecule has 0 bridgehead atoms. The smallest absolute Gasteiger partial charge is 0.107 e. The molecule has 0 aromatic carbocycles. The maximum Gasteiger partial charge on any atom is 0.107 e. The predicted molar refractivity (Wildman–Crippen MR) is 57.4 cm³/mol. The number of nitriles is 1. The highest BCUT2D eigenvalue weighted by atomic mass is 32.1. The van der Waals surface area contributed by atoms with E-state index < -0.39 is 0 Å². The number of rotatable bonds is 2. The molecule has 0 N–H and O–H groups in total. The Morgan fingerprint density at radius 1 is 1.50 bits per heavy atom. The van der Waals surface area contributed by atoms with E-state index >= 15 is 0 Å². The third-order valence-electron chi connectivity index (χ3n) is 2.83. The summed E-state index contributed by atoms with van der Waals surface area (Å²) >= 11 is 1.75. The normalized spacial score (nSPS) is 17.1. The highest BCUT2D eigenvalue weighted by Gasteiger charge is 2.21. The summed E-state index contributed by atoms with van der Waals surface area (Å²) in [5.41, 5.74) is 1.16. The van der Waals surface area contributed by atoms with E-state index in [0.29, 0.717) is 6.42 Å². The van der Waals surface area contributed by atoms with Crippen LogP contribution in [-0.4, -0.2) is 4.98 Å². The second-order valence-electron chi connectivity index (χ2n) is 3.87. The average Bonchev–Trinajstić information content (AvgIpc) is 2.74. The largest absolute Gasteiger partial charge is 0.245 e. The van der Waals surface area contributed by atoms with E-state index in [2.05, 4.69) is 18.0 Å². The lowest BCUT2D eigenvalue weighted by atomic mass is 10.1. The molecule has 1 aliphatic carbocycles. The summed E-state index contributed by atoms with van der Waals surface area (Å²) in [7, 11) is 0. The van der Waals surface area contributed by atoms with Crippen molar-refractivity contribution in [3.05, 3.63) is 15.6 Å². The van der Waals surface area contributed by atoms with Gasteiger partial charge in [0.25, 0.3) is 0 Å². The monoisotopic (exact) mass is 206 g/mol. The van der Waals surface area contributed by atoms with Crippen LogP contribution in [0.3, 0.4) is 0 Å². The number of aromatic nitrogens is 1. The molecule has 1 heterocycles. The molecule has 1 aromatic rings. The van der Waals surface area contributed by atoms with Crippen molar-refractivity contribution in [2.45, 2.75) is 44.9 Å². The van der Waals surface area contributed by atoms with Gasteiger partial charge in [-0.1, -0.05) is 12.8 Å². The fraction of sp³-hybridized carbons (Fsp3) is 0.636. The van der Waals surface area contributed by atoms with Gasteiger partial charge in [0.2, 0.25) is 0 Å². The van der Waals surface area contributed by atoms with Crippen LogP contribution in [-0.2, 0) is 6.42 Å². The Balaban J connectivity index is 2.20. The highest BCUT2D eigenvalue weighted by Crippen LogP contribution is 2.38. The van der Waals surface area contributed by atoms with Gasteiger partial charge in [-0.3, -0.25) is 0 Å². The molecule has 3 heteroatoms. The molecule has 0 atom stereocenters. The van der Waals surface area contributed by atoms with Gasteiger partial charge in [-0.2, -0.15) is 5.26 Å². The lowest BCUT2D eigenvalue weighted by molar-refractivity contribution is 0.730. The highest BCUT2D eigenvalue weighted by molar-refractivity contribution is 7.11. The van der Waals surface area contributed by atoms with Crippen LogP contribution in [0.25, 0.3) is 0 Å². The van der Waals surface area contributed by atoms with Crippen molar-refractivity contribution in [1.29, 1.82) is 5.26 Å². The van der Waals surface area contributed by atoms with Crippen LogP contribution in [0.5, 0.6) is 0 Å². The van der Waals surface area contributed by atoms with Gasteiger partial charge in [0.15, 0.2) is 0 Å². The molecule has 1 fully saturated rings. The Labute approximate surface area is 88.6 Å². The van der Waals surface area contributed by atoms with Crippen LogP contribution in [0.4, 0.5) is 0 Å². The molecule has 1 aliphatic rings. The van der Waals surface area contributed by atoms with Crippen molar-refractivity contribution < 1.29 is 0 Å². The minimum absolute atomic E-state index is 0.470. The fourth-order valence-electron chi connectivity index (χ4n) is 2.18. The summed E-state index contributed by atoms with van der Waals surface area (Å²) in [5.74, 6) is 0.736. The zero-order valence-corrected chi connectivity index (χ0v) is 9.23. The Morgan fingerprint density at radius 2 is 2.21 bits per heavy atom. The Bertz CT molecular complexity index is 356. The van der Waals surface area contributed by atoms with Crippen LogP contribution < -0.4 is 0 Å². The Kier molecular flexibility index (Phi) is 2.83. The van der Waals surface area contributed by atoms with Crippen molar-refractivity contribution >= 4 is 11.3 Å². The van der Waals surface area contributed by atoms with Gasteiger partial charge in [0, 0.05) is 4.88 Å². The minimum atomic E-state index is 0.470. The topological polar surface area (TPSA) is 36.7 Å². The molecule has 0 unspecified atom stereocenters. The van der Waals surface area contributed by atoms with Gasteiger partial charge in [-0.05, 0) is 25.7 Å². The van der Waals surface area contributed by atoms with Crippen molar-refractivity contribution in [2.75, 3.05) is 0 Å². The summed E-state index contributed by atoms with van der Waals surface area (Å²) in [6, 6.07) is 2.16. The van der Waals surface area contributed by atoms with Crippen molar-refractivity contribution in [1.82, 2.24) is 4.98 Å². The van der Waals surface area contributed by atoms with Crippen molar-refractivity contribution in [3.63, 3.8) is 0 Å². The van der Waals surface area contributed by atoms with E-state index in [4.69, 9.17) is 5.26 Å². The SMILES string of the molecule is Cc1nc(CC#N)sc1C1CCCC1. The predicted octanol–water partition coefficient (Wildman–Crippen LogP) is 3.18. The summed E-state index contributed by atoms with van der Waals surface area (Å²) in [6.45, 7) is 2.07. The van der Waals surface area contributed by atoms with Gasteiger partial charge < -0.3 is 0 Å². The molecule has 0 saturated heterocycles. The lowest BCUT2D eigenvalue weighted by Gasteiger charge is -2.05. The maximum atomic E-state index is 8.60. The van der Waals surface area contributed by atoms with Gasteiger partial charge in [-0.25, -0.2) is 4.98 Å². The number of thiazole rings is 1. The van der Waals surface area contributed by atoms with E-state index in [0.717, 1.165) is 16.6 Å². The summed E-state index contributed by atoms with van der Waals surface area (Å²) in [5, 5.41) is 9.59. The summed E-state index contributed by atoms with van der Waals surface area (Å²) < 4.78 is 0. The standard InChI is InChI=1S/C11H14N2S/c1-8-11(9-4-2-3-5-9)14-10(13-8)6-7-12/h9H,2-6H2,1H3. The molecular weight excluding hydrogens is 192 g/mol. The number of nitrogens with zero attached hydrogens (tertiary/aromatic N) is 2. The molecule has 0 spiro atoms. The Morgan fingerprint density at radius 3 is 2.86 bits per heavy atom. The molecule has 0 amide bonds. The van der Waals surface area contributed by atoms with Gasteiger partial charge in [0.05, 0.1) is 18.2 Å².